The van der Waals surface area contributed by atoms with Gasteiger partial charge in [-0.1, -0.05) is 68.8 Å². The summed E-state index contributed by atoms with van der Waals surface area (Å²) < 4.78 is 11.3. The molecule has 3 heteroatoms. The van der Waals surface area contributed by atoms with Gasteiger partial charge in [-0.3, -0.25) is 0 Å². The fourth-order valence-corrected chi connectivity index (χ4v) is 3.32. The fourth-order valence-electron chi connectivity index (χ4n) is 3.32. The van der Waals surface area contributed by atoms with Crippen LogP contribution in [0.25, 0.3) is 11.1 Å². The summed E-state index contributed by atoms with van der Waals surface area (Å²) in [6.07, 6.45) is 3.22. The van der Waals surface area contributed by atoms with E-state index >= 15 is 0 Å². The lowest BCUT2D eigenvalue weighted by Crippen LogP contribution is -2.08. The first-order valence-electron chi connectivity index (χ1n) is 10.7. The van der Waals surface area contributed by atoms with Crippen LogP contribution in [0.15, 0.2) is 72.8 Å². The Bertz CT molecular complexity index is 925. The van der Waals surface area contributed by atoms with Gasteiger partial charge in [0.05, 0.1) is 11.7 Å². The van der Waals surface area contributed by atoms with Crippen LogP contribution in [0.1, 0.15) is 61.2 Å². The summed E-state index contributed by atoms with van der Waals surface area (Å²) in [5.41, 5.74) is 5.16. The third-order valence-electron chi connectivity index (χ3n) is 5.08. The number of hydrogen-bond acceptors (Lipinski definition) is 3. The minimum atomic E-state index is -0.337. The van der Waals surface area contributed by atoms with Gasteiger partial charge in [-0.05, 0) is 66.3 Å². The summed E-state index contributed by atoms with van der Waals surface area (Å²) >= 11 is 0. The molecular formula is C27H30O3. The van der Waals surface area contributed by atoms with Crippen molar-refractivity contribution in [2.24, 2.45) is 0 Å². The Morgan fingerprint density at radius 3 is 1.97 bits per heavy atom. The molecule has 3 rings (SSSR count). The molecule has 0 spiro atoms. The highest BCUT2D eigenvalue weighted by Gasteiger charge is 2.09. The molecule has 30 heavy (non-hydrogen) atoms. The van der Waals surface area contributed by atoms with E-state index in [4.69, 9.17) is 9.47 Å². The molecule has 0 amide bonds. The van der Waals surface area contributed by atoms with Crippen LogP contribution in [-0.2, 0) is 11.2 Å². The Labute approximate surface area is 179 Å². The van der Waals surface area contributed by atoms with E-state index in [-0.39, 0.29) is 12.1 Å². The number of hydrogen-bond donors (Lipinski definition) is 0. The first kappa shape index (κ1) is 21.8. The quantitative estimate of drug-likeness (QED) is 0.285. The van der Waals surface area contributed by atoms with Crippen molar-refractivity contribution in [3.63, 3.8) is 0 Å². The molecular weight excluding hydrogens is 372 g/mol. The smallest absolute Gasteiger partial charge is 0.343 e. The van der Waals surface area contributed by atoms with Gasteiger partial charge in [0.2, 0.25) is 0 Å². The molecule has 0 aliphatic rings. The molecule has 0 heterocycles. The number of aryl methyl sites for hydroxylation is 1. The second-order valence-electron chi connectivity index (χ2n) is 7.50. The number of carbonyl (C=O) groups is 1. The van der Waals surface area contributed by atoms with Crippen LogP contribution in [-0.4, -0.2) is 12.6 Å². The highest BCUT2D eigenvalue weighted by atomic mass is 16.5. The van der Waals surface area contributed by atoms with Crippen LogP contribution in [0.4, 0.5) is 0 Å². The van der Waals surface area contributed by atoms with Crippen LogP contribution in [0.3, 0.4) is 0 Å². The fraction of sp³-hybridized carbons (Fsp3) is 0.296. The van der Waals surface area contributed by atoms with Gasteiger partial charge < -0.3 is 9.47 Å². The number of esters is 1. The minimum absolute atomic E-state index is 0.0943. The van der Waals surface area contributed by atoms with Crippen molar-refractivity contribution in [3.8, 4) is 16.9 Å². The lowest BCUT2D eigenvalue weighted by Gasteiger charge is -2.13. The van der Waals surface area contributed by atoms with Gasteiger partial charge in [-0.15, -0.1) is 0 Å². The molecule has 156 valence electrons. The van der Waals surface area contributed by atoms with Gasteiger partial charge in [-0.2, -0.15) is 0 Å². The summed E-state index contributed by atoms with van der Waals surface area (Å²) in [4.78, 5) is 12.4. The predicted octanol–water partition coefficient (Wildman–Crippen LogP) is 7.01. The van der Waals surface area contributed by atoms with Crippen molar-refractivity contribution in [2.75, 3.05) is 6.61 Å². The molecule has 3 aromatic rings. The van der Waals surface area contributed by atoms with E-state index in [1.807, 2.05) is 48.5 Å². The Morgan fingerprint density at radius 2 is 1.40 bits per heavy atom. The normalized spacial score (nSPS) is 11.8. The number of benzene rings is 3. The summed E-state index contributed by atoms with van der Waals surface area (Å²) in [5, 5.41) is 0. The van der Waals surface area contributed by atoms with Crippen molar-refractivity contribution >= 4 is 5.97 Å². The zero-order valence-electron chi connectivity index (χ0n) is 18.1. The SMILES string of the molecule is CCCOC(C)c1ccc(-c2ccc(OC(=O)c3ccc(CCC)cc3)cc2)cc1. The topological polar surface area (TPSA) is 35.5 Å². The summed E-state index contributed by atoms with van der Waals surface area (Å²) in [7, 11) is 0. The Morgan fingerprint density at radius 1 is 0.800 bits per heavy atom. The van der Waals surface area contributed by atoms with Gasteiger partial charge >= 0.3 is 5.97 Å². The van der Waals surface area contributed by atoms with Crippen molar-refractivity contribution < 1.29 is 14.3 Å². The molecule has 0 fully saturated rings. The number of carbonyl (C=O) groups excluding carboxylic acids is 1. The first-order chi connectivity index (χ1) is 14.6. The van der Waals surface area contributed by atoms with E-state index in [0.29, 0.717) is 11.3 Å². The van der Waals surface area contributed by atoms with Crippen LogP contribution < -0.4 is 4.74 Å². The summed E-state index contributed by atoms with van der Waals surface area (Å²) in [6, 6.07) is 23.6. The highest BCUT2D eigenvalue weighted by Crippen LogP contribution is 2.25. The van der Waals surface area contributed by atoms with Crippen LogP contribution in [0.5, 0.6) is 5.75 Å². The Hall–Kier alpha value is -2.91. The van der Waals surface area contributed by atoms with Gasteiger partial charge in [0, 0.05) is 6.61 Å². The van der Waals surface area contributed by atoms with E-state index in [1.165, 1.54) is 11.1 Å². The van der Waals surface area contributed by atoms with Gasteiger partial charge in [0.1, 0.15) is 5.75 Å². The Balaban J connectivity index is 1.62. The van der Waals surface area contributed by atoms with Crippen molar-refractivity contribution in [2.45, 2.75) is 46.1 Å². The minimum Gasteiger partial charge on any atom is -0.423 e. The van der Waals surface area contributed by atoms with Crippen LogP contribution >= 0.6 is 0 Å². The average Bonchev–Trinajstić information content (AvgIpc) is 2.79. The predicted molar refractivity (Wildman–Crippen MR) is 122 cm³/mol. The van der Waals surface area contributed by atoms with E-state index < -0.39 is 0 Å². The average molecular weight is 403 g/mol. The second kappa shape index (κ2) is 10.7. The van der Waals surface area contributed by atoms with E-state index in [9.17, 15) is 4.79 Å². The maximum atomic E-state index is 12.4. The zero-order valence-corrected chi connectivity index (χ0v) is 18.1. The second-order valence-corrected chi connectivity index (χ2v) is 7.50. The largest absolute Gasteiger partial charge is 0.423 e. The monoisotopic (exact) mass is 402 g/mol. The van der Waals surface area contributed by atoms with Crippen molar-refractivity contribution in [1.82, 2.24) is 0 Å². The van der Waals surface area contributed by atoms with Crippen LogP contribution in [0, 0.1) is 0 Å². The van der Waals surface area contributed by atoms with Gasteiger partial charge in [0.15, 0.2) is 0 Å². The first-order valence-corrected chi connectivity index (χ1v) is 10.7. The Kier molecular flexibility index (Phi) is 7.81. The third kappa shape index (κ3) is 5.80. The molecule has 0 aliphatic carbocycles. The van der Waals surface area contributed by atoms with Gasteiger partial charge in [-0.25, -0.2) is 4.79 Å². The molecule has 0 radical (unpaired) electrons. The van der Waals surface area contributed by atoms with Crippen molar-refractivity contribution in [1.29, 1.82) is 0 Å². The van der Waals surface area contributed by atoms with Crippen LogP contribution in [0.2, 0.25) is 0 Å². The third-order valence-corrected chi connectivity index (χ3v) is 5.08. The molecule has 0 aliphatic heterocycles. The standard InChI is InChI=1S/C27H30O3/c1-4-6-21-7-9-25(10-8-21)27(28)30-26-17-15-24(16-18-26)23-13-11-22(12-14-23)20(3)29-19-5-2/h7-18,20H,4-6,19H2,1-3H3. The summed E-state index contributed by atoms with van der Waals surface area (Å²) in [6.45, 7) is 7.10. The number of ether oxygens (including phenoxy) is 2. The maximum Gasteiger partial charge on any atom is 0.343 e. The molecule has 0 bridgehead atoms. The number of rotatable bonds is 9. The zero-order chi connectivity index (χ0) is 21.3. The van der Waals surface area contributed by atoms with Crippen molar-refractivity contribution in [3.05, 3.63) is 89.5 Å². The molecule has 0 N–H and O–H groups in total. The molecule has 0 saturated heterocycles. The van der Waals surface area contributed by atoms with E-state index in [0.717, 1.165) is 37.0 Å². The lowest BCUT2D eigenvalue weighted by atomic mass is 10.0. The molecule has 0 saturated carbocycles. The highest BCUT2D eigenvalue weighted by molar-refractivity contribution is 5.91. The maximum absolute atomic E-state index is 12.4. The summed E-state index contributed by atoms with van der Waals surface area (Å²) in [5.74, 6) is 0.204. The molecule has 0 aromatic heterocycles. The molecule has 1 unspecified atom stereocenters. The lowest BCUT2D eigenvalue weighted by molar-refractivity contribution is 0.0663. The molecule has 3 nitrogen and oxygen atoms in total. The molecule has 3 aromatic carbocycles. The van der Waals surface area contributed by atoms with Gasteiger partial charge in [0.25, 0.3) is 0 Å². The van der Waals surface area contributed by atoms with E-state index in [1.54, 1.807) is 0 Å². The molecule has 1 atom stereocenters. The van der Waals surface area contributed by atoms with E-state index in [2.05, 4.69) is 45.0 Å².